The van der Waals surface area contributed by atoms with Gasteiger partial charge in [0.25, 0.3) is 0 Å². The summed E-state index contributed by atoms with van der Waals surface area (Å²) in [5, 5.41) is 8.26. The molecule has 1 aliphatic heterocycles. The van der Waals surface area contributed by atoms with Crippen LogP contribution in [0.4, 0.5) is 10.2 Å². The molecule has 1 aromatic heterocycles. The normalized spacial score (nSPS) is 16.8. The minimum Gasteiger partial charge on any atom is -0.493 e. The molecule has 1 aromatic carbocycles. The summed E-state index contributed by atoms with van der Waals surface area (Å²) in [7, 11) is 0. The van der Waals surface area contributed by atoms with Crippen LogP contribution in [0.25, 0.3) is 0 Å². The van der Waals surface area contributed by atoms with Crippen molar-refractivity contribution >= 4 is 23.4 Å². The van der Waals surface area contributed by atoms with Gasteiger partial charge in [0.2, 0.25) is 0 Å². The highest BCUT2D eigenvalue weighted by molar-refractivity contribution is 6.29. The van der Waals surface area contributed by atoms with Crippen molar-refractivity contribution < 1.29 is 18.7 Å². The Balaban J connectivity index is 1.38. The van der Waals surface area contributed by atoms with Crippen molar-refractivity contribution in [2.45, 2.75) is 19.3 Å². The number of hydrogen-bond acceptors (Lipinski definition) is 6. The summed E-state index contributed by atoms with van der Waals surface area (Å²) >= 11 is 5.77. The lowest BCUT2D eigenvalue weighted by Gasteiger charge is -2.32. The van der Waals surface area contributed by atoms with E-state index in [0.717, 1.165) is 19.4 Å². The molecule has 0 aliphatic carbocycles. The third-order valence-electron chi connectivity index (χ3n) is 4.31. The number of benzene rings is 1. The third kappa shape index (κ3) is 5.79. The van der Waals surface area contributed by atoms with Gasteiger partial charge in [0.05, 0.1) is 19.1 Å². The summed E-state index contributed by atoms with van der Waals surface area (Å²) in [6, 6.07) is 9.31. The van der Waals surface area contributed by atoms with Crippen LogP contribution in [0.15, 0.2) is 36.4 Å². The smallest absolute Gasteiger partial charge is 0.310 e. The number of rotatable bonds is 7. The molecule has 27 heavy (non-hydrogen) atoms. The number of anilines is 1. The number of carbonyl (C=O) groups is 1. The fourth-order valence-electron chi connectivity index (χ4n) is 2.93. The molecule has 2 aromatic rings. The molecular weight excluding hydrogens is 373 g/mol. The fourth-order valence-corrected chi connectivity index (χ4v) is 3.03. The van der Waals surface area contributed by atoms with E-state index in [9.17, 15) is 9.18 Å². The second-order valence-corrected chi connectivity index (χ2v) is 6.71. The van der Waals surface area contributed by atoms with E-state index in [2.05, 4.69) is 10.2 Å². The molecule has 144 valence electrons. The Hall–Kier alpha value is -2.41. The van der Waals surface area contributed by atoms with E-state index in [4.69, 9.17) is 21.1 Å². The summed E-state index contributed by atoms with van der Waals surface area (Å²) in [5.74, 6) is 0.611. The van der Waals surface area contributed by atoms with Crippen molar-refractivity contribution in [3.05, 3.63) is 47.4 Å². The molecule has 0 amide bonds. The minimum atomic E-state index is -0.303. The molecule has 1 saturated heterocycles. The topological polar surface area (TPSA) is 64.6 Å². The molecule has 1 fully saturated rings. The summed E-state index contributed by atoms with van der Waals surface area (Å²) in [6.45, 7) is 2.07. The maximum absolute atomic E-state index is 12.8. The van der Waals surface area contributed by atoms with Crippen LogP contribution in [0.1, 0.15) is 19.3 Å². The molecule has 1 aliphatic rings. The van der Waals surface area contributed by atoms with Gasteiger partial charge in [-0.25, -0.2) is 4.39 Å². The molecule has 2 heterocycles. The lowest BCUT2D eigenvalue weighted by atomic mass is 9.98. The number of piperidine rings is 1. The fraction of sp³-hybridized carbons (Fsp3) is 0.421. The molecule has 0 radical (unpaired) electrons. The number of esters is 1. The Morgan fingerprint density at radius 1 is 1.19 bits per heavy atom. The quantitative estimate of drug-likeness (QED) is 0.530. The highest BCUT2D eigenvalue weighted by Gasteiger charge is 2.27. The molecule has 6 nitrogen and oxygen atoms in total. The Kier molecular flexibility index (Phi) is 6.81. The third-order valence-corrected chi connectivity index (χ3v) is 4.51. The Labute approximate surface area is 162 Å². The average molecular weight is 394 g/mol. The van der Waals surface area contributed by atoms with Gasteiger partial charge in [-0.05, 0) is 49.2 Å². The van der Waals surface area contributed by atoms with E-state index in [1.54, 1.807) is 24.3 Å². The number of hydrogen-bond donors (Lipinski definition) is 0. The molecule has 1 atom stereocenters. The molecule has 0 bridgehead atoms. The zero-order valence-electron chi connectivity index (χ0n) is 14.8. The molecular formula is C19H21ClFN3O3. The Bertz CT molecular complexity index is 743. The molecule has 0 saturated carbocycles. The zero-order valence-corrected chi connectivity index (χ0v) is 15.6. The zero-order chi connectivity index (χ0) is 19.1. The van der Waals surface area contributed by atoms with E-state index in [-0.39, 0.29) is 24.3 Å². The summed E-state index contributed by atoms with van der Waals surface area (Å²) in [5.41, 5.74) is 0. The summed E-state index contributed by atoms with van der Waals surface area (Å²) in [4.78, 5) is 14.3. The monoisotopic (exact) mass is 393 g/mol. The van der Waals surface area contributed by atoms with Crippen molar-refractivity contribution in [2.24, 2.45) is 5.92 Å². The number of ether oxygens (including phenoxy) is 2. The van der Waals surface area contributed by atoms with Gasteiger partial charge >= 0.3 is 5.97 Å². The van der Waals surface area contributed by atoms with E-state index < -0.39 is 0 Å². The number of nitrogens with zero attached hydrogens (tertiary/aromatic N) is 3. The van der Waals surface area contributed by atoms with Gasteiger partial charge in [0.15, 0.2) is 11.0 Å². The number of halogens is 2. The standard InChI is InChI=1S/C19H21ClFN3O3/c20-17-8-9-18(23-22-17)24-10-1-3-14(13-24)19(25)27-12-2-11-26-16-6-4-15(21)5-7-16/h4-9,14H,1-3,10-13H2/t14-/m0/s1. The van der Waals surface area contributed by atoms with Crippen molar-refractivity contribution in [3.8, 4) is 5.75 Å². The van der Waals surface area contributed by atoms with Gasteiger partial charge in [-0.15, -0.1) is 10.2 Å². The number of carbonyl (C=O) groups excluding carboxylic acids is 1. The lowest BCUT2D eigenvalue weighted by molar-refractivity contribution is -0.149. The van der Waals surface area contributed by atoms with E-state index in [1.165, 1.54) is 12.1 Å². The molecule has 8 heteroatoms. The van der Waals surface area contributed by atoms with Gasteiger partial charge in [0, 0.05) is 19.5 Å². The van der Waals surface area contributed by atoms with Gasteiger partial charge < -0.3 is 14.4 Å². The second kappa shape index (κ2) is 9.50. The highest BCUT2D eigenvalue weighted by atomic mass is 35.5. The lowest BCUT2D eigenvalue weighted by Crippen LogP contribution is -2.40. The minimum absolute atomic E-state index is 0.186. The van der Waals surface area contributed by atoms with Gasteiger partial charge in [-0.3, -0.25) is 4.79 Å². The van der Waals surface area contributed by atoms with Crippen LogP contribution in [-0.4, -0.2) is 42.5 Å². The number of aromatic nitrogens is 2. The molecule has 3 rings (SSSR count). The first-order valence-corrected chi connectivity index (χ1v) is 9.29. The Morgan fingerprint density at radius 3 is 2.74 bits per heavy atom. The summed E-state index contributed by atoms with van der Waals surface area (Å²) in [6.07, 6.45) is 2.25. The second-order valence-electron chi connectivity index (χ2n) is 6.32. The highest BCUT2D eigenvalue weighted by Crippen LogP contribution is 2.22. The van der Waals surface area contributed by atoms with Gasteiger partial charge in [-0.1, -0.05) is 11.6 Å². The first kappa shape index (κ1) is 19.4. The van der Waals surface area contributed by atoms with E-state index in [0.29, 0.717) is 36.3 Å². The molecule has 0 spiro atoms. The summed E-state index contributed by atoms with van der Waals surface area (Å²) < 4.78 is 23.7. The SMILES string of the molecule is O=C(OCCCOc1ccc(F)cc1)[C@H]1CCCN(c2ccc(Cl)nn2)C1. The van der Waals surface area contributed by atoms with E-state index >= 15 is 0 Å². The van der Waals surface area contributed by atoms with Gasteiger partial charge in [0.1, 0.15) is 11.6 Å². The Morgan fingerprint density at radius 2 is 2.00 bits per heavy atom. The van der Waals surface area contributed by atoms with Crippen molar-refractivity contribution in [1.82, 2.24) is 10.2 Å². The average Bonchev–Trinajstić information content (AvgIpc) is 2.69. The maximum Gasteiger partial charge on any atom is 0.310 e. The van der Waals surface area contributed by atoms with Crippen LogP contribution in [-0.2, 0) is 9.53 Å². The first-order valence-electron chi connectivity index (χ1n) is 8.91. The van der Waals surface area contributed by atoms with Crippen molar-refractivity contribution in [3.63, 3.8) is 0 Å². The van der Waals surface area contributed by atoms with Crippen LogP contribution >= 0.6 is 11.6 Å². The van der Waals surface area contributed by atoms with Crippen LogP contribution in [0.5, 0.6) is 5.75 Å². The maximum atomic E-state index is 12.8. The van der Waals surface area contributed by atoms with Crippen LogP contribution < -0.4 is 9.64 Å². The predicted octanol–water partition coefficient (Wildman–Crippen LogP) is 3.50. The largest absolute Gasteiger partial charge is 0.493 e. The molecule has 0 unspecified atom stereocenters. The molecule has 0 N–H and O–H groups in total. The van der Waals surface area contributed by atoms with Crippen molar-refractivity contribution in [2.75, 3.05) is 31.2 Å². The van der Waals surface area contributed by atoms with Crippen LogP contribution in [0, 0.1) is 11.7 Å². The van der Waals surface area contributed by atoms with Crippen LogP contribution in [0.2, 0.25) is 5.15 Å². The van der Waals surface area contributed by atoms with Crippen molar-refractivity contribution in [1.29, 1.82) is 0 Å². The predicted molar refractivity (Wildman–Crippen MR) is 99.5 cm³/mol. The van der Waals surface area contributed by atoms with Crippen LogP contribution in [0.3, 0.4) is 0 Å². The first-order chi connectivity index (χ1) is 13.1. The van der Waals surface area contributed by atoms with Gasteiger partial charge in [-0.2, -0.15) is 0 Å². The van der Waals surface area contributed by atoms with E-state index in [1.807, 2.05) is 4.90 Å².